The van der Waals surface area contributed by atoms with Gasteiger partial charge in [0, 0.05) is 32.0 Å². The topological polar surface area (TPSA) is 32.8 Å². The highest BCUT2D eigenvalue weighted by atomic mass is 16.5. The van der Waals surface area contributed by atoms with Crippen LogP contribution in [0.25, 0.3) is 0 Å². The van der Waals surface area contributed by atoms with E-state index in [1.807, 2.05) is 13.8 Å². The molecule has 0 aromatic heterocycles. The molecule has 0 saturated heterocycles. The fourth-order valence-electron chi connectivity index (χ4n) is 1.67. The molecule has 0 spiro atoms. The predicted molar refractivity (Wildman–Crippen MR) is 111 cm³/mol. The number of likely N-dealkylation sites (N-methyl/N-ethyl adjacent to an activating group) is 2. The summed E-state index contributed by atoms with van der Waals surface area (Å²) >= 11 is 0. The summed E-state index contributed by atoms with van der Waals surface area (Å²) in [5.74, 6) is 7.06. The van der Waals surface area contributed by atoms with Gasteiger partial charge in [0.05, 0.1) is 19.8 Å². The van der Waals surface area contributed by atoms with Crippen LogP contribution in [0.4, 0.5) is 0 Å². The number of hydrogen-bond acceptors (Lipinski definition) is 4. The van der Waals surface area contributed by atoms with Crippen LogP contribution in [0.5, 0.6) is 0 Å². The summed E-state index contributed by atoms with van der Waals surface area (Å²) in [5.41, 5.74) is 0. The van der Waals surface area contributed by atoms with Crippen molar-refractivity contribution in [2.45, 2.75) is 48.0 Å². The predicted octanol–water partition coefficient (Wildman–Crippen LogP) is 3.72. The Morgan fingerprint density at radius 2 is 1.72 bits per heavy atom. The second-order valence-corrected chi connectivity index (χ2v) is 5.71. The van der Waals surface area contributed by atoms with Crippen molar-refractivity contribution in [2.75, 3.05) is 53.0 Å². The minimum absolute atomic E-state index is 0.185. The Bertz CT molecular complexity index is 346. The molecule has 0 aliphatic rings. The van der Waals surface area contributed by atoms with E-state index in [4.69, 9.17) is 4.74 Å². The average Bonchev–Trinajstić information content (AvgIpc) is 2.60. The van der Waals surface area contributed by atoms with Crippen molar-refractivity contribution < 1.29 is 9.53 Å². The standard InChI is InChI=1S/C17H32N2O2.C2H6.C2H4/c1-6-19(10-7-8-16(2)3)12-11-18(5)13-15-21-14-9-17(4)20;2*1-2/h16H,6,9-15H2,1-5H3;1-2H3;1-2H2. The van der Waals surface area contributed by atoms with Gasteiger partial charge in [0.25, 0.3) is 0 Å². The molecule has 0 rings (SSSR count). The van der Waals surface area contributed by atoms with Crippen LogP contribution < -0.4 is 0 Å². The molecular formula is C21H42N2O2. The first-order valence-electron chi connectivity index (χ1n) is 9.42. The zero-order chi connectivity index (χ0) is 20.1. The van der Waals surface area contributed by atoms with E-state index in [1.165, 1.54) is 0 Å². The molecular weight excluding hydrogens is 312 g/mol. The van der Waals surface area contributed by atoms with Crippen molar-refractivity contribution in [3.63, 3.8) is 0 Å². The molecule has 0 N–H and O–H groups in total. The first kappa shape index (κ1) is 28.6. The van der Waals surface area contributed by atoms with E-state index in [0.717, 1.165) is 32.7 Å². The maximum atomic E-state index is 10.8. The fraction of sp³-hybridized carbons (Fsp3) is 0.762. The summed E-state index contributed by atoms with van der Waals surface area (Å²) in [7, 11) is 2.10. The van der Waals surface area contributed by atoms with Gasteiger partial charge in [-0.2, -0.15) is 0 Å². The van der Waals surface area contributed by atoms with Crippen molar-refractivity contribution in [1.82, 2.24) is 9.80 Å². The third kappa shape index (κ3) is 25.2. The minimum atomic E-state index is 0.185. The zero-order valence-corrected chi connectivity index (χ0v) is 17.9. The summed E-state index contributed by atoms with van der Waals surface area (Å²) in [6.45, 7) is 24.0. The lowest BCUT2D eigenvalue weighted by atomic mass is 10.2. The summed E-state index contributed by atoms with van der Waals surface area (Å²) in [5, 5.41) is 0. The van der Waals surface area contributed by atoms with Crippen LogP contribution in [0, 0.1) is 17.8 Å². The minimum Gasteiger partial charge on any atom is -0.380 e. The maximum Gasteiger partial charge on any atom is 0.132 e. The molecule has 0 aromatic rings. The molecule has 0 aromatic carbocycles. The van der Waals surface area contributed by atoms with E-state index in [1.54, 1.807) is 6.92 Å². The van der Waals surface area contributed by atoms with Crippen LogP contribution in [0.3, 0.4) is 0 Å². The smallest absolute Gasteiger partial charge is 0.132 e. The van der Waals surface area contributed by atoms with Crippen LogP contribution in [-0.2, 0) is 9.53 Å². The number of ether oxygens (including phenoxy) is 1. The van der Waals surface area contributed by atoms with Crippen molar-refractivity contribution in [2.24, 2.45) is 5.92 Å². The Morgan fingerprint density at radius 3 is 2.20 bits per heavy atom. The highest BCUT2D eigenvalue weighted by Crippen LogP contribution is 1.92. The molecule has 4 heteroatoms. The molecule has 0 radical (unpaired) electrons. The third-order valence-electron chi connectivity index (χ3n) is 3.15. The molecule has 0 fully saturated rings. The zero-order valence-electron chi connectivity index (χ0n) is 17.9. The van der Waals surface area contributed by atoms with Gasteiger partial charge in [-0.05, 0) is 20.5 Å². The Morgan fingerprint density at radius 1 is 1.12 bits per heavy atom. The number of Topliss-reactive ketones (excluding diaryl/α,β-unsaturated/α-hetero) is 1. The molecule has 0 unspecified atom stereocenters. The summed E-state index contributed by atoms with van der Waals surface area (Å²) in [4.78, 5) is 15.4. The van der Waals surface area contributed by atoms with E-state index in [2.05, 4.69) is 62.6 Å². The van der Waals surface area contributed by atoms with E-state index >= 15 is 0 Å². The summed E-state index contributed by atoms with van der Waals surface area (Å²) < 4.78 is 5.44. The Labute approximate surface area is 157 Å². The molecule has 0 aliphatic carbocycles. The molecule has 25 heavy (non-hydrogen) atoms. The van der Waals surface area contributed by atoms with Crippen LogP contribution in [0.15, 0.2) is 13.2 Å². The lowest BCUT2D eigenvalue weighted by molar-refractivity contribution is -0.118. The summed E-state index contributed by atoms with van der Waals surface area (Å²) in [6.07, 6.45) is 0.516. The highest BCUT2D eigenvalue weighted by molar-refractivity contribution is 5.75. The Balaban J connectivity index is -0.00000112. The monoisotopic (exact) mass is 354 g/mol. The highest BCUT2D eigenvalue weighted by Gasteiger charge is 2.03. The molecule has 0 atom stereocenters. The Kier molecular flexibility index (Phi) is 26.2. The molecule has 0 saturated carbocycles. The first-order valence-corrected chi connectivity index (χ1v) is 9.42. The SMILES string of the molecule is C=C.CC.CCN(CC#CC(C)C)CCN(C)CCOCCC(C)=O. The van der Waals surface area contributed by atoms with Gasteiger partial charge >= 0.3 is 0 Å². The van der Waals surface area contributed by atoms with Crippen LogP contribution in [-0.4, -0.2) is 68.6 Å². The van der Waals surface area contributed by atoms with Gasteiger partial charge in [0.1, 0.15) is 5.78 Å². The van der Waals surface area contributed by atoms with Crippen molar-refractivity contribution in [3.05, 3.63) is 13.2 Å². The lowest BCUT2D eigenvalue weighted by Crippen LogP contribution is -2.35. The number of hydrogen-bond donors (Lipinski definition) is 0. The van der Waals surface area contributed by atoms with Crippen LogP contribution in [0.1, 0.15) is 48.0 Å². The summed E-state index contributed by atoms with van der Waals surface area (Å²) in [6, 6.07) is 0. The van der Waals surface area contributed by atoms with Crippen molar-refractivity contribution in [3.8, 4) is 11.8 Å². The first-order chi connectivity index (χ1) is 12.0. The molecule has 0 heterocycles. The van der Waals surface area contributed by atoms with E-state index in [9.17, 15) is 4.79 Å². The average molecular weight is 355 g/mol. The van der Waals surface area contributed by atoms with Crippen molar-refractivity contribution in [1.29, 1.82) is 0 Å². The third-order valence-corrected chi connectivity index (χ3v) is 3.15. The molecule has 0 bridgehead atoms. The molecule has 0 aliphatic heterocycles. The number of carbonyl (C=O) groups excluding carboxylic acids is 1. The number of nitrogens with zero attached hydrogens (tertiary/aromatic N) is 2. The fourth-order valence-corrected chi connectivity index (χ4v) is 1.67. The second kappa shape index (κ2) is 22.9. The van der Waals surface area contributed by atoms with Gasteiger partial charge in [0.15, 0.2) is 0 Å². The normalized spacial score (nSPS) is 9.68. The van der Waals surface area contributed by atoms with Gasteiger partial charge in [0.2, 0.25) is 0 Å². The Hall–Kier alpha value is -1.15. The number of rotatable bonds is 11. The van der Waals surface area contributed by atoms with Crippen LogP contribution >= 0.6 is 0 Å². The quantitative estimate of drug-likeness (QED) is 0.322. The van der Waals surface area contributed by atoms with Gasteiger partial charge < -0.3 is 9.64 Å². The van der Waals surface area contributed by atoms with Crippen LogP contribution in [0.2, 0.25) is 0 Å². The van der Waals surface area contributed by atoms with E-state index < -0.39 is 0 Å². The van der Waals surface area contributed by atoms with Gasteiger partial charge in [-0.1, -0.05) is 46.5 Å². The second-order valence-electron chi connectivity index (χ2n) is 5.71. The molecule has 4 nitrogen and oxygen atoms in total. The van der Waals surface area contributed by atoms with E-state index in [0.29, 0.717) is 25.6 Å². The largest absolute Gasteiger partial charge is 0.380 e. The number of ketones is 1. The van der Waals surface area contributed by atoms with Crippen molar-refractivity contribution >= 4 is 5.78 Å². The van der Waals surface area contributed by atoms with E-state index in [-0.39, 0.29) is 5.78 Å². The van der Waals surface area contributed by atoms with Gasteiger partial charge in [-0.25, -0.2) is 0 Å². The maximum absolute atomic E-state index is 10.8. The van der Waals surface area contributed by atoms with Gasteiger partial charge in [-0.3, -0.25) is 9.69 Å². The number of carbonyl (C=O) groups is 1. The molecule has 0 amide bonds. The molecule has 148 valence electrons. The lowest BCUT2D eigenvalue weighted by Gasteiger charge is -2.22. The van der Waals surface area contributed by atoms with Gasteiger partial charge in [-0.15, -0.1) is 13.2 Å².